The lowest BCUT2D eigenvalue weighted by molar-refractivity contribution is 0.753. The zero-order chi connectivity index (χ0) is 37.1. The molecule has 0 bridgehead atoms. The fraction of sp³-hybridized carbons (Fsp3) is 0.0192. The first kappa shape index (κ1) is 32.0. The van der Waals surface area contributed by atoms with Crippen molar-refractivity contribution in [3.63, 3.8) is 0 Å². The van der Waals surface area contributed by atoms with E-state index in [0.29, 0.717) is 17.5 Å². The van der Waals surface area contributed by atoms with E-state index in [-0.39, 0.29) is 0 Å². The quantitative estimate of drug-likeness (QED) is 0.178. The number of anilines is 3. The Balaban J connectivity index is 1.08. The predicted octanol–water partition coefficient (Wildman–Crippen LogP) is 12.7. The van der Waals surface area contributed by atoms with Gasteiger partial charge in [-0.2, -0.15) is 0 Å². The zero-order valence-corrected chi connectivity index (χ0v) is 30.4. The van der Waals surface area contributed by atoms with Crippen molar-refractivity contribution in [1.29, 1.82) is 0 Å². The van der Waals surface area contributed by atoms with Gasteiger partial charge in [-0.15, -0.1) is 0 Å². The second kappa shape index (κ2) is 12.9. The highest BCUT2D eigenvalue weighted by molar-refractivity contribution is 6.00. The van der Waals surface area contributed by atoms with Crippen molar-refractivity contribution >= 4 is 17.1 Å². The van der Waals surface area contributed by atoms with Gasteiger partial charge >= 0.3 is 0 Å². The smallest absolute Gasteiger partial charge is 0.164 e. The maximum atomic E-state index is 4.99. The number of para-hydroxylation sites is 3. The topological polar surface area (TPSA) is 41.9 Å². The van der Waals surface area contributed by atoms with Gasteiger partial charge in [0.15, 0.2) is 17.5 Å². The molecule has 1 aliphatic heterocycles. The van der Waals surface area contributed by atoms with E-state index in [0.717, 1.165) is 27.9 Å². The Morgan fingerprint density at radius 1 is 0.304 bits per heavy atom. The van der Waals surface area contributed by atoms with E-state index < -0.39 is 5.41 Å². The molecule has 4 nitrogen and oxygen atoms in total. The molecule has 1 aromatic heterocycles. The Hall–Kier alpha value is -7.43. The van der Waals surface area contributed by atoms with Gasteiger partial charge in [0.2, 0.25) is 0 Å². The molecule has 0 fully saturated rings. The summed E-state index contributed by atoms with van der Waals surface area (Å²) in [6.07, 6.45) is 0. The van der Waals surface area contributed by atoms with E-state index >= 15 is 0 Å². The van der Waals surface area contributed by atoms with Crippen LogP contribution in [0.2, 0.25) is 0 Å². The average Bonchev–Trinajstić information content (AvgIpc) is 3.58. The van der Waals surface area contributed by atoms with Crippen LogP contribution in [0.3, 0.4) is 0 Å². The number of nitrogens with zero attached hydrogens (tertiary/aromatic N) is 4. The predicted molar refractivity (Wildman–Crippen MR) is 227 cm³/mol. The lowest BCUT2D eigenvalue weighted by Gasteiger charge is -2.45. The minimum atomic E-state index is -0.507. The van der Waals surface area contributed by atoms with Gasteiger partial charge in [0.25, 0.3) is 0 Å². The molecule has 0 saturated carbocycles. The Bertz CT molecular complexity index is 2800. The number of hydrogen-bond donors (Lipinski definition) is 0. The number of fused-ring (bicyclic) bond motifs is 9. The number of benzene rings is 8. The SMILES string of the molecule is c1ccc(-c2nc(-c3ccccc3)nc(-c3ccc(-c4cccc5c4-c4ccccc4C54c5ccccc5N(c5ccccc5)c5ccccc54)cc3)n2)cc1. The standard InChI is InChI=1S/C52H34N4/c1-4-17-36(18-5-1)49-53-50(37-19-6-2-7-20-37)55-51(54-49)38-33-31-35(32-34-38)40-24-16-28-45-48(40)41-23-10-11-25-42(41)52(45)43-26-12-14-29-46(43)56(39-21-8-3-9-22-39)47-30-15-13-27-44(47)52/h1-34H. The fourth-order valence-electron chi connectivity index (χ4n) is 8.99. The zero-order valence-electron chi connectivity index (χ0n) is 30.4. The maximum absolute atomic E-state index is 4.99. The van der Waals surface area contributed by atoms with E-state index in [2.05, 4.69) is 150 Å². The summed E-state index contributed by atoms with van der Waals surface area (Å²) in [5.41, 5.74) is 15.9. The van der Waals surface area contributed by atoms with E-state index in [1.807, 2.05) is 60.7 Å². The van der Waals surface area contributed by atoms with Crippen LogP contribution in [0.15, 0.2) is 206 Å². The van der Waals surface area contributed by atoms with Crippen LogP contribution in [0.4, 0.5) is 17.1 Å². The van der Waals surface area contributed by atoms with Gasteiger partial charge in [0.05, 0.1) is 16.8 Å². The molecular weight excluding hydrogens is 681 g/mol. The molecule has 4 heteroatoms. The van der Waals surface area contributed by atoms with E-state index in [1.54, 1.807) is 0 Å². The van der Waals surface area contributed by atoms with Crippen LogP contribution in [0.5, 0.6) is 0 Å². The van der Waals surface area contributed by atoms with Crippen LogP contribution < -0.4 is 4.90 Å². The Morgan fingerprint density at radius 3 is 1.29 bits per heavy atom. The van der Waals surface area contributed by atoms with E-state index in [4.69, 9.17) is 15.0 Å². The summed E-state index contributed by atoms with van der Waals surface area (Å²) in [6.45, 7) is 0. The molecule has 2 heterocycles. The van der Waals surface area contributed by atoms with Crippen molar-refractivity contribution in [3.8, 4) is 56.4 Å². The highest BCUT2D eigenvalue weighted by atomic mass is 15.2. The van der Waals surface area contributed by atoms with Crippen LogP contribution in [0.1, 0.15) is 22.3 Å². The maximum Gasteiger partial charge on any atom is 0.164 e. The van der Waals surface area contributed by atoms with Crippen molar-refractivity contribution in [3.05, 3.63) is 229 Å². The summed E-state index contributed by atoms with van der Waals surface area (Å²) in [6, 6.07) is 73.4. The molecule has 1 aliphatic carbocycles. The molecule has 262 valence electrons. The van der Waals surface area contributed by atoms with Gasteiger partial charge in [-0.3, -0.25) is 0 Å². The van der Waals surface area contributed by atoms with Crippen molar-refractivity contribution in [2.75, 3.05) is 4.90 Å². The van der Waals surface area contributed by atoms with Crippen LogP contribution in [0.25, 0.3) is 56.4 Å². The third-order valence-corrected chi connectivity index (χ3v) is 11.3. The van der Waals surface area contributed by atoms with Crippen LogP contribution >= 0.6 is 0 Å². The first-order valence-corrected chi connectivity index (χ1v) is 19.0. The average molecular weight is 715 g/mol. The third kappa shape index (κ3) is 4.83. The molecule has 2 aliphatic rings. The summed E-state index contributed by atoms with van der Waals surface area (Å²) in [5, 5.41) is 0. The van der Waals surface area contributed by atoms with Crippen LogP contribution in [-0.2, 0) is 5.41 Å². The highest BCUT2D eigenvalue weighted by Crippen LogP contribution is 2.64. The van der Waals surface area contributed by atoms with Crippen molar-refractivity contribution in [2.45, 2.75) is 5.41 Å². The van der Waals surface area contributed by atoms with Gasteiger partial charge < -0.3 is 4.90 Å². The minimum absolute atomic E-state index is 0.507. The van der Waals surface area contributed by atoms with Gasteiger partial charge in [-0.05, 0) is 68.8 Å². The Kier molecular flexibility index (Phi) is 7.36. The molecule has 0 N–H and O–H groups in total. The van der Waals surface area contributed by atoms with E-state index in [9.17, 15) is 0 Å². The van der Waals surface area contributed by atoms with Gasteiger partial charge in [0.1, 0.15) is 0 Å². The fourth-order valence-corrected chi connectivity index (χ4v) is 8.99. The molecule has 11 rings (SSSR count). The normalized spacial score (nSPS) is 13.1. The second-order valence-corrected chi connectivity index (χ2v) is 14.3. The molecule has 0 atom stereocenters. The molecule has 0 radical (unpaired) electrons. The molecule has 1 spiro atoms. The number of rotatable bonds is 5. The minimum Gasteiger partial charge on any atom is -0.310 e. The van der Waals surface area contributed by atoms with Gasteiger partial charge in [-0.1, -0.05) is 182 Å². The summed E-state index contributed by atoms with van der Waals surface area (Å²) in [7, 11) is 0. The Morgan fingerprint density at radius 2 is 0.714 bits per heavy atom. The first-order valence-electron chi connectivity index (χ1n) is 19.0. The van der Waals surface area contributed by atoms with Gasteiger partial charge in [-0.25, -0.2) is 15.0 Å². The molecule has 0 unspecified atom stereocenters. The highest BCUT2D eigenvalue weighted by Gasteiger charge is 2.52. The summed E-state index contributed by atoms with van der Waals surface area (Å²) < 4.78 is 0. The lowest BCUT2D eigenvalue weighted by Crippen LogP contribution is -2.36. The summed E-state index contributed by atoms with van der Waals surface area (Å²) in [5.74, 6) is 1.95. The van der Waals surface area contributed by atoms with Crippen LogP contribution in [0, 0.1) is 0 Å². The Labute approximate surface area is 326 Å². The lowest BCUT2D eigenvalue weighted by atomic mass is 9.64. The monoisotopic (exact) mass is 714 g/mol. The number of hydrogen-bond acceptors (Lipinski definition) is 4. The largest absolute Gasteiger partial charge is 0.310 e. The third-order valence-electron chi connectivity index (χ3n) is 11.3. The van der Waals surface area contributed by atoms with Crippen LogP contribution in [-0.4, -0.2) is 15.0 Å². The molecule has 8 aromatic carbocycles. The molecule has 0 amide bonds. The van der Waals surface area contributed by atoms with Crippen molar-refractivity contribution < 1.29 is 0 Å². The molecule has 9 aromatic rings. The summed E-state index contributed by atoms with van der Waals surface area (Å²) in [4.78, 5) is 17.3. The molecule has 0 saturated heterocycles. The second-order valence-electron chi connectivity index (χ2n) is 14.3. The summed E-state index contributed by atoms with van der Waals surface area (Å²) >= 11 is 0. The molecular formula is C52H34N4. The van der Waals surface area contributed by atoms with Gasteiger partial charge in [0, 0.05) is 22.4 Å². The van der Waals surface area contributed by atoms with E-state index in [1.165, 1.54) is 50.3 Å². The number of aromatic nitrogens is 3. The molecule has 56 heavy (non-hydrogen) atoms. The van der Waals surface area contributed by atoms with Crippen molar-refractivity contribution in [1.82, 2.24) is 15.0 Å². The van der Waals surface area contributed by atoms with Crippen molar-refractivity contribution in [2.24, 2.45) is 0 Å². The first-order chi connectivity index (χ1) is 27.8.